The Morgan fingerprint density at radius 2 is 2.19 bits per heavy atom. The van der Waals surface area contributed by atoms with Crippen molar-refractivity contribution in [1.82, 2.24) is 4.90 Å². The van der Waals surface area contributed by atoms with Crippen molar-refractivity contribution in [3.63, 3.8) is 0 Å². The van der Waals surface area contributed by atoms with Crippen LogP contribution in [0.1, 0.15) is 42.0 Å². The highest BCUT2D eigenvalue weighted by molar-refractivity contribution is 9.11. The van der Waals surface area contributed by atoms with Crippen LogP contribution in [0.3, 0.4) is 0 Å². The van der Waals surface area contributed by atoms with Crippen molar-refractivity contribution >= 4 is 38.6 Å². The van der Waals surface area contributed by atoms with Crippen LogP contribution in [0, 0.1) is 0 Å². The maximum absolute atomic E-state index is 6.51. The average Bonchev–Trinajstić information content (AvgIpc) is 3.03. The van der Waals surface area contributed by atoms with Crippen molar-refractivity contribution < 1.29 is 0 Å². The lowest BCUT2D eigenvalue weighted by Crippen LogP contribution is -2.41. The zero-order valence-corrected chi connectivity index (χ0v) is 15.4. The Balaban J connectivity index is 1.88. The number of nitrogens with zero attached hydrogens (tertiary/aromatic N) is 1. The molecule has 0 aliphatic heterocycles. The Bertz CT molecular complexity index is 563. The zero-order valence-electron chi connectivity index (χ0n) is 12.2. The fourth-order valence-electron chi connectivity index (χ4n) is 2.77. The molecule has 0 saturated heterocycles. The normalized spacial score (nSPS) is 18.1. The van der Waals surface area contributed by atoms with E-state index in [-0.39, 0.29) is 6.04 Å². The van der Waals surface area contributed by atoms with E-state index in [1.807, 2.05) is 22.7 Å². The largest absolute Gasteiger partial charge is 0.326 e. The van der Waals surface area contributed by atoms with E-state index >= 15 is 0 Å². The van der Waals surface area contributed by atoms with E-state index in [4.69, 9.17) is 5.73 Å². The van der Waals surface area contributed by atoms with Crippen LogP contribution >= 0.6 is 38.6 Å². The minimum absolute atomic E-state index is 0.191. The third kappa shape index (κ3) is 3.77. The molecule has 0 amide bonds. The van der Waals surface area contributed by atoms with Gasteiger partial charge in [-0.2, -0.15) is 0 Å². The van der Waals surface area contributed by atoms with E-state index in [9.17, 15) is 0 Å². The van der Waals surface area contributed by atoms with Crippen LogP contribution in [0.2, 0.25) is 0 Å². The molecule has 21 heavy (non-hydrogen) atoms. The summed E-state index contributed by atoms with van der Waals surface area (Å²) in [6, 6.07) is 9.98. The lowest BCUT2D eigenvalue weighted by Gasteiger charge is -2.34. The highest BCUT2D eigenvalue weighted by atomic mass is 79.9. The predicted octanol–water partition coefficient (Wildman–Crippen LogP) is 5.02. The van der Waals surface area contributed by atoms with E-state index in [1.54, 1.807) is 0 Å². The molecule has 0 aromatic carbocycles. The molecular formula is C16H21BrN2S2. The molecule has 5 heteroatoms. The number of halogens is 1. The Labute approximate surface area is 143 Å². The second-order valence-corrected chi connectivity index (χ2v) is 9.17. The van der Waals surface area contributed by atoms with Crippen LogP contribution in [-0.2, 0) is 6.54 Å². The molecule has 2 aromatic heterocycles. The van der Waals surface area contributed by atoms with Gasteiger partial charge in [0, 0.05) is 28.4 Å². The standard InChI is InChI=1S/C16H21BrN2S2/c1-2-13(18)16(14-7-8-15(17)21-14)19(11-5-6-11)10-12-4-3-9-20-12/h3-4,7-9,11,13,16H,2,5-6,10,18H2,1H3. The molecule has 1 aliphatic carbocycles. The van der Waals surface area contributed by atoms with Crippen LogP contribution in [0.15, 0.2) is 33.4 Å². The third-order valence-corrected chi connectivity index (χ3v) is 6.61. The van der Waals surface area contributed by atoms with Gasteiger partial charge in [0.05, 0.1) is 9.83 Å². The molecule has 0 bridgehead atoms. The molecular weight excluding hydrogens is 364 g/mol. The first-order chi connectivity index (χ1) is 10.2. The van der Waals surface area contributed by atoms with Crippen molar-refractivity contribution in [3.05, 3.63) is 43.2 Å². The van der Waals surface area contributed by atoms with Crippen molar-refractivity contribution in [3.8, 4) is 0 Å². The molecule has 2 nitrogen and oxygen atoms in total. The highest BCUT2D eigenvalue weighted by Gasteiger charge is 2.37. The highest BCUT2D eigenvalue weighted by Crippen LogP contribution is 2.41. The Kier molecular flexibility index (Phi) is 5.17. The van der Waals surface area contributed by atoms with Crippen molar-refractivity contribution in [1.29, 1.82) is 0 Å². The van der Waals surface area contributed by atoms with E-state index in [0.29, 0.717) is 12.1 Å². The summed E-state index contributed by atoms with van der Waals surface area (Å²) < 4.78 is 1.19. The van der Waals surface area contributed by atoms with E-state index in [0.717, 1.165) is 13.0 Å². The summed E-state index contributed by atoms with van der Waals surface area (Å²) in [7, 11) is 0. The summed E-state index contributed by atoms with van der Waals surface area (Å²) in [5, 5.41) is 2.16. The molecule has 3 rings (SSSR count). The molecule has 1 fully saturated rings. The van der Waals surface area contributed by atoms with Crippen LogP contribution < -0.4 is 5.73 Å². The second-order valence-electron chi connectivity index (χ2n) is 5.64. The maximum Gasteiger partial charge on any atom is 0.0702 e. The number of rotatable bonds is 7. The number of nitrogens with two attached hydrogens (primary N) is 1. The van der Waals surface area contributed by atoms with Crippen LogP contribution in [-0.4, -0.2) is 17.0 Å². The van der Waals surface area contributed by atoms with Gasteiger partial charge in [-0.15, -0.1) is 22.7 Å². The SMILES string of the molecule is CCC(N)C(c1ccc(Br)s1)N(Cc1cccs1)C1CC1. The first-order valence-corrected chi connectivity index (χ1v) is 9.97. The minimum atomic E-state index is 0.191. The van der Waals surface area contributed by atoms with Crippen molar-refractivity contribution in [2.24, 2.45) is 5.73 Å². The summed E-state index contributed by atoms with van der Waals surface area (Å²) in [4.78, 5) is 5.46. The molecule has 1 aliphatic rings. The predicted molar refractivity (Wildman–Crippen MR) is 95.9 cm³/mol. The molecule has 2 aromatic rings. The smallest absolute Gasteiger partial charge is 0.0702 e. The first-order valence-electron chi connectivity index (χ1n) is 7.48. The average molecular weight is 385 g/mol. The molecule has 2 heterocycles. The van der Waals surface area contributed by atoms with Crippen molar-refractivity contribution in [2.45, 2.75) is 50.9 Å². The van der Waals surface area contributed by atoms with Crippen molar-refractivity contribution in [2.75, 3.05) is 0 Å². The van der Waals surface area contributed by atoms with E-state index in [2.05, 4.69) is 57.4 Å². The van der Waals surface area contributed by atoms with Gasteiger partial charge < -0.3 is 5.73 Å². The lowest BCUT2D eigenvalue weighted by molar-refractivity contribution is 0.155. The number of hydrogen-bond donors (Lipinski definition) is 1. The Hall–Kier alpha value is -0.200. The van der Waals surface area contributed by atoms with E-state index < -0.39 is 0 Å². The molecule has 0 spiro atoms. The molecule has 1 saturated carbocycles. The summed E-state index contributed by atoms with van der Waals surface area (Å²) in [6.45, 7) is 3.22. The second kappa shape index (κ2) is 6.92. The topological polar surface area (TPSA) is 29.3 Å². The first kappa shape index (κ1) is 15.7. The van der Waals surface area contributed by atoms with Crippen LogP contribution in [0.25, 0.3) is 0 Å². The van der Waals surface area contributed by atoms with Gasteiger partial charge in [0.15, 0.2) is 0 Å². The fourth-order valence-corrected chi connectivity index (χ4v) is 5.11. The zero-order chi connectivity index (χ0) is 14.8. The molecule has 114 valence electrons. The molecule has 2 N–H and O–H groups in total. The maximum atomic E-state index is 6.51. The van der Waals surface area contributed by atoms with Gasteiger partial charge in [-0.1, -0.05) is 13.0 Å². The van der Waals surface area contributed by atoms with Gasteiger partial charge in [0.25, 0.3) is 0 Å². The van der Waals surface area contributed by atoms with Gasteiger partial charge in [-0.3, -0.25) is 4.90 Å². The van der Waals surface area contributed by atoms with Gasteiger partial charge in [0.2, 0.25) is 0 Å². The summed E-state index contributed by atoms with van der Waals surface area (Å²) >= 11 is 7.26. The summed E-state index contributed by atoms with van der Waals surface area (Å²) in [5.74, 6) is 0. The molecule has 0 radical (unpaired) electrons. The molecule has 2 atom stereocenters. The quantitative estimate of drug-likeness (QED) is 0.726. The minimum Gasteiger partial charge on any atom is -0.326 e. The van der Waals surface area contributed by atoms with Gasteiger partial charge in [-0.25, -0.2) is 0 Å². The third-order valence-electron chi connectivity index (χ3n) is 4.05. The van der Waals surface area contributed by atoms with Crippen LogP contribution in [0.4, 0.5) is 0 Å². The Morgan fingerprint density at radius 1 is 1.38 bits per heavy atom. The molecule has 2 unspecified atom stereocenters. The van der Waals surface area contributed by atoms with Gasteiger partial charge in [-0.05, 0) is 58.8 Å². The number of thiophene rings is 2. The monoisotopic (exact) mass is 384 g/mol. The van der Waals surface area contributed by atoms with Crippen LogP contribution in [0.5, 0.6) is 0 Å². The fraction of sp³-hybridized carbons (Fsp3) is 0.500. The van der Waals surface area contributed by atoms with Gasteiger partial charge >= 0.3 is 0 Å². The van der Waals surface area contributed by atoms with E-state index in [1.165, 1.54) is 26.4 Å². The summed E-state index contributed by atoms with van der Waals surface area (Å²) in [6.07, 6.45) is 3.63. The Morgan fingerprint density at radius 3 is 2.71 bits per heavy atom. The lowest BCUT2D eigenvalue weighted by atomic mass is 10.0. The van der Waals surface area contributed by atoms with Gasteiger partial charge in [0.1, 0.15) is 0 Å². The number of hydrogen-bond acceptors (Lipinski definition) is 4. The summed E-state index contributed by atoms with van der Waals surface area (Å²) in [5.41, 5.74) is 6.51.